The van der Waals surface area contributed by atoms with Crippen molar-refractivity contribution in [1.82, 2.24) is 10.3 Å². The van der Waals surface area contributed by atoms with Gasteiger partial charge in [0.1, 0.15) is 0 Å². The van der Waals surface area contributed by atoms with Gasteiger partial charge < -0.3 is 5.32 Å². The molecule has 2 nitrogen and oxygen atoms in total. The fraction of sp³-hybridized carbons (Fsp3) is 0.545. The summed E-state index contributed by atoms with van der Waals surface area (Å²) in [6.07, 6.45) is 8.41. The zero-order valence-electron chi connectivity index (χ0n) is 9.00. The van der Waals surface area contributed by atoms with Crippen molar-refractivity contribution in [1.29, 1.82) is 0 Å². The average Bonchev–Trinajstić information content (AvgIpc) is 2.23. The van der Waals surface area contributed by atoms with Crippen molar-refractivity contribution in [3.63, 3.8) is 0 Å². The van der Waals surface area contributed by atoms with Crippen LogP contribution in [0.5, 0.6) is 0 Å². The lowest BCUT2D eigenvalue weighted by Crippen LogP contribution is -2.14. The van der Waals surface area contributed by atoms with E-state index >= 15 is 0 Å². The molecule has 84 valence electrons. The van der Waals surface area contributed by atoms with E-state index in [1.807, 2.05) is 24.2 Å². The first-order valence-electron chi connectivity index (χ1n) is 5.12. The average molecular weight is 289 g/mol. The molecule has 0 saturated carbocycles. The second-order valence-corrected chi connectivity index (χ2v) is 5.29. The molecule has 15 heavy (non-hydrogen) atoms. The van der Waals surface area contributed by atoms with Gasteiger partial charge in [0.15, 0.2) is 0 Å². The van der Waals surface area contributed by atoms with Crippen molar-refractivity contribution in [2.45, 2.75) is 19.4 Å². The van der Waals surface area contributed by atoms with E-state index in [-0.39, 0.29) is 0 Å². The third-order valence-corrected chi connectivity index (χ3v) is 3.17. The van der Waals surface area contributed by atoms with Crippen LogP contribution in [0, 0.1) is 0 Å². The van der Waals surface area contributed by atoms with Crippen LogP contribution >= 0.6 is 27.7 Å². The van der Waals surface area contributed by atoms with Gasteiger partial charge in [-0.1, -0.05) is 0 Å². The summed E-state index contributed by atoms with van der Waals surface area (Å²) in [5, 5.41) is 3.42. The number of pyridine rings is 1. The highest BCUT2D eigenvalue weighted by Gasteiger charge is 1.94. The Hall–Kier alpha value is -0.0600. The minimum atomic E-state index is 0.908. The summed E-state index contributed by atoms with van der Waals surface area (Å²) in [5.74, 6) is 1.26. The van der Waals surface area contributed by atoms with Crippen LogP contribution in [0.2, 0.25) is 0 Å². The molecule has 0 radical (unpaired) electrons. The maximum Gasteiger partial charge on any atom is 0.0410 e. The van der Waals surface area contributed by atoms with Crippen LogP contribution in [-0.4, -0.2) is 23.5 Å². The Balaban J connectivity index is 2.10. The van der Waals surface area contributed by atoms with Crippen LogP contribution < -0.4 is 5.32 Å². The molecule has 1 aromatic rings. The lowest BCUT2D eigenvalue weighted by Gasteiger charge is -2.04. The van der Waals surface area contributed by atoms with E-state index in [1.165, 1.54) is 24.2 Å². The molecule has 1 aromatic heterocycles. The van der Waals surface area contributed by atoms with Gasteiger partial charge in [0.25, 0.3) is 0 Å². The van der Waals surface area contributed by atoms with Gasteiger partial charge in [-0.3, -0.25) is 4.98 Å². The van der Waals surface area contributed by atoms with Gasteiger partial charge in [-0.2, -0.15) is 11.8 Å². The van der Waals surface area contributed by atoms with Crippen molar-refractivity contribution in [2.75, 3.05) is 18.6 Å². The molecule has 0 bridgehead atoms. The smallest absolute Gasteiger partial charge is 0.0410 e. The molecule has 0 amide bonds. The summed E-state index contributed by atoms with van der Waals surface area (Å²) < 4.78 is 1.05. The second kappa shape index (κ2) is 8.13. The van der Waals surface area contributed by atoms with Crippen molar-refractivity contribution in [3.8, 4) is 0 Å². The van der Waals surface area contributed by atoms with Crippen LogP contribution in [0.4, 0.5) is 0 Å². The fourth-order valence-electron chi connectivity index (χ4n) is 1.28. The molecule has 1 rings (SSSR count). The summed E-state index contributed by atoms with van der Waals surface area (Å²) in [6.45, 7) is 2.00. The number of rotatable bonds is 7. The highest BCUT2D eigenvalue weighted by molar-refractivity contribution is 9.10. The number of thioether (sulfide) groups is 1. The molecule has 0 aromatic carbocycles. The van der Waals surface area contributed by atoms with Gasteiger partial charge in [-0.15, -0.1) is 0 Å². The summed E-state index contributed by atoms with van der Waals surface area (Å²) in [5.41, 5.74) is 1.23. The highest BCUT2D eigenvalue weighted by atomic mass is 79.9. The number of nitrogens with one attached hydrogen (secondary N) is 1. The molecule has 0 aliphatic rings. The minimum Gasteiger partial charge on any atom is -0.313 e. The van der Waals surface area contributed by atoms with E-state index in [0.29, 0.717) is 0 Å². The minimum absolute atomic E-state index is 0.908. The quantitative estimate of drug-likeness (QED) is 0.781. The number of halogens is 1. The number of aromatic nitrogens is 1. The van der Waals surface area contributed by atoms with Crippen LogP contribution in [-0.2, 0) is 6.54 Å². The van der Waals surface area contributed by atoms with Gasteiger partial charge in [-0.25, -0.2) is 0 Å². The van der Waals surface area contributed by atoms with Gasteiger partial charge in [0.2, 0.25) is 0 Å². The Bertz CT molecular complexity index is 281. The van der Waals surface area contributed by atoms with E-state index < -0.39 is 0 Å². The summed E-state index contributed by atoms with van der Waals surface area (Å²) >= 11 is 5.33. The fourth-order valence-corrected chi connectivity index (χ4v) is 2.19. The monoisotopic (exact) mass is 288 g/mol. The van der Waals surface area contributed by atoms with Gasteiger partial charge in [-0.05, 0) is 59.0 Å². The van der Waals surface area contributed by atoms with Gasteiger partial charge in [0, 0.05) is 23.4 Å². The third kappa shape index (κ3) is 6.17. The lowest BCUT2D eigenvalue weighted by molar-refractivity contribution is 0.642. The molecule has 1 N–H and O–H groups in total. The molecule has 1 heterocycles. The van der Waals surface area contributed by atoms with Gasteiger partial charge >= 0.3 is 0 Å². The number of hydrogen-bond donors (Lipinski definition) is 1. The Morgan fingerprint density at radius 2 is 2.27 bits per heavy atom. The molecule has 0 saturated heterocycles. The largest absolute Gasteiger partial charge is 0.313 e. The van der Waals surface area contributed by atoms with Crippen molar-refractivity contribution in [2.24, 2.45) is 0 Å². The van der Waals surface area contributed by atoms with Gasteiger partial charge in [0.05, 0.1) is 0 Å². The SMILES string of the molecule is CSCCCCNCc1cncc(Br)c1. The van der Waals surface area contributed by atoms with Crippen LogP contribution in [0.15, 0.2) is 22.9 Å². The number of hydrogen-bond acceptors (Lipinski definition) is 3. The molecule has 4 heteroatoms. The van der Waals surface area contributed by atoms with Crippen LogP contribution in [0.25, 0.3) is 0 Å². The van der Waals surface area contributed by atoms with E-state index in [0.717, 1.165) is 17.6 Å². The first-order chi connectivity index (χ1) is 7.33. The van der Waals surface area contributed by atoms with Crippen LogP contribution in [0.3, 0.4) is 0 Å². The zero-order chi connectivity index (χ0) is 10.9. The molecular weight excluding hydrogens is 272 g/mol. The zero-order valence-corrected chi connectivity index (χ0v) is 11.4. The highest BCUT2D eigenvalue weighted by Crippen LogP contribution is 2.09. The Kier molecular flexibility index (Phi) is 7.05. The van der Waals surface area contributed by atoms with E-state index in [9.17, 15) is 0 Å². The van der Waals surface area contributed by atoms with Crippen molar-refractivity contribution < 1.29 is 0 Å². The Morgan fingerprint density at radius 1 is 1.40 bits per heavy atom. The van der Waals surface area contributed by atoms with E-state index in [1.54, 1.807) is 0 Å². The predicted molar refractivity (Wildman–Crippen MR) is 71.3 cm³/mol. The Labute approximate surface area is 104 Å². The number of nitrogens with zero attached hydrogens (tertiary/aromatic N) is 1. The molecular formula is C11H17BrN2S. The van der Waals surface area contributed by atoms with Crippen LogP contribution in [0.1, 0.15) is 18.4 Å². The first kappa shape index (κ1) is 13.0. The summed E-state index contributed by atoms with van der Waals surface area (Å²) in [4.78, 5) is 4.12. The third-order valence-electron chi connectivity index (χ3n) is 2.04. The maximum atomic E-state index is 4.12. The lowest BCUT2D eigenvalue weighted by atomic mass is 10.3. The first-order valence-corrected chi connectivity index (χ1v) is 7.30. The van der Waals surface area contributed by atoms with E-state index in [4.69, 9.17) is 0 Å². The van der Waals surface area contributed by atoms with Crippen molar-refractivity contribution >= 4 is 27.7 Å². The summed E-state index contributed by atoms with van der Waals surface area (Å²) in [6, 6.07) is 2.10. The molecule has 0 fully saturated rings. The standard InChI is InChI=1S/C11H17BrN2S/c1-15-5-3-2-4-13-7-10-6-11(12)9-14-8-10/h6,8-9,13H,2-5,7H2,1H3. The molecule has 0 unspecified atom stereocenters. The molecule has 0 atom stereocenters. The Morgan fingerprint density at radius 3 is 3.00 bits per heavy atom. The molecule has 0 aliphatic heterocycles. The van der Waals surface area contributed by atoms with Crippen molar-refractivity contribution in [3.05, 3.63) is 28.5 Å². The predicted octanol–water partition coefficient (Wildman–Crippen LogP) is 3.08. The summed E-state index contributed by atoms with van der Waals surface area (Å²) in [7, 11) is 0. The van der Waals surface area contributed by atoms with E-state index in [2.05, 4.69) is 38.6 Å². The molecule has 0 aliphatic carbocycles. The normalized spacial score (nSPS) is 10.5. The molecule has 0 spiro atoms. The number of unbranched alkanes of at least 4 members (excludes halogenated alkanes) is 1. The maximum absolute atomic E-state index is 4.12. The second-order valence-electron chi connectivity index (χ2n) is 3.39. The topological polar surface area (TPSA) is 24.9 Å².